The lowest BCUT2D eigenvalue weighted by atomic mass is 10.1. The summed E-state index contributed by atoms with van der Waals surface area (Å²) in [7, 11) is 0. The number of benzene rings is 1. The number of carbonyl (C=O) groups is 1. The van der Waals surface area contributed by atoms with E-state index in [2.05, 4.69) is 5.10 Å². The highest BCUT2D eigenvalue weighted by Crippen LogP contribution is 2.33. The molecule has 25 heavy (non-hydrogen) atoms. The molecule has 1 fully saturated rings. The van der Waals surface area contributed by atoms with E-state index < -0.39 is 11.8 Å². The lowest BCUT2D eigenvalue weighted by molar-refractivity contribution is 0.0520. The summed E-state index contributed by atoms with van der Waals surface area (Å²) in [5.41, 5.74) is 0.974. The predicted octanol–water partition coefficient (Wildman–Crippen LogP) is 3.65. The van der Waals surface area contributed by atoms with Crippen molar-refractivity contribution in [2.24, 2.45) is 0 Å². The van der Waals surface area contributed by atoms with Crippen LogP contribution in [-0.4, -0.2) is 35.6 Å². The quantitative estimate of drug-likeness (QED) is 0.772. The molecule has 0 spiro atoms. The van der Waals surface area contributed by atoms with Gasteiger partial charge in [0.15, 0.2) is 11.6 Å². The summed E-state index contributed by atoms with van der Waals surface area (Å²) in [5.74, 6) is -0.782. The number of esters is 1. The van der Waals surface area contributed by atoms with E-state index in [1.54, 1.807) is 30.7 Å². The van der Waals surface area contributed by atoms with Crippen molar-refractivity contribution >= 4 is 5.97 Å². The average Bonchev–Trinajstić information content (AvgIpc) is 3.02. The molecule has 1 aliphatic heterocycles. The normalized spacial score (nSPS) is 15.2. The zero-order chi connectivity index (χ0) is 17.8. The van der Waals surface area contributed by atoms with Gasteiger partial charge in [0.05, 0.1) is 18.8 Å². The molecule has 0 amide bonds. The van der Waals surface area contributed by atoms with Gasteiger partial charge in [-0.05, 0) is 44.4 Å². The van der Waals surface area contributed by atoms with Gasteiger partial charge in [-0.3, -0.25) is 0 Å². The second-order valence-electron chi connectivity index (χ2n) is 5.91. The molecule has 0 atom stereocenters. The average molecular weight is 348 g/mol. The zero-order valence-corrected chi connectivity index (χ0v) is 14.3. The summed E-state index contributed by atoms with van der Waals surface area (Å²) in [4.78, 5) is 12.2. The Morgan fingerprint density at radius 3 is 2.84 bits per heavy atom. The lowest BCUT2D eigenvalue weighted by Gasteiger charge is -2.24. The smallest absolute Gasteiger partial charge is 0.345 e. The van der Waals surface area contributed by atoms with Crippen LogP contribution in [0.2, 0.25) is 0 Å². The zero-order valence-electron chi connectivity index (χ0n) is 14.3. The van der Waals surface area contributed by atoms with Gasteiger partial charge < -0.3 is 14.2 Å². The molecule has 3 rings (SSSR count). The number of aryl methyl sites for hydroxylation is 1. The number of aromatic nitrogens is 2. The van der Waals surface area contributed by atoms with Crippen LogP contribution >= 0.6 is 0 Å². The summed E-state index contributed by atoms with van der Waals surface area (Å²) in [6.45, 7) is 4.97. The van der Waals surface area contributed by atoms with Crippen LogP contribution < -0.4 is 4.74 Å². The minimum atomic E-state index is -0.539. The number of carbonyl (C=O) groups excluding carboxylic acids is 1. The molecule has 1 aliphatic rings. The SMILES string of the molecule is CCOC(=O)c1cnn(C2CCOCC2)c1Oc1ccc(C)cc1F. The topological polar surface area (TPSA) is 62.6 Å². The molecule has 2 aromatic rings. The van der Waals surface area contributed by atoms with Gasteiger partial charge in [0.1, 0.15) is 5.56 Å². The molecule has 6 nitrogen and oxygen atoms in total. The van der Waals surface area contributed by atoms with Gasteiger partial charge in [-0.2, -0.15) is 5.10 Å². The molecular formula is C18H21FN2O4. The van der Waals surface area contributed by atoms with Gasteiger partial charge in [0, 0.05) is 13.2 Å². The molecular weight excluding hydrogens is 327 g/mol. The number of hydrogen-bond donors (Lipinski definition) is 0. The van der Waals surface area contributed by atoms with E-state index in [1.165, 1.54) is 12.3 Å². The molecule has 1 saturated heterocycles. The monoisotopic (exact) mass is 348 g/mol. The van der Waals surface area contributed by atoms with Crippen LogP contribution in [0.25, 0.3) is 0 Å². The Bertz CT molecular complexity index is 754. The molecule has 0 radical (unpaired) electrons. The van der Waals surface area contributed by atoms with Crippen molar-refractivity contribution in [2.75, 3.05) is 19.8 Å². The van der Waals surface area contributed by atoms with Gasteiger partial charge in [-0.15, -0.1) is 0 Å². The van der Waals surface area contributed by atoms with Crippen LogP contribution in [0.15, 0.2) is 24.4 Å². The van der Waals surface area contributed by atoms with E-state index in [1.807, 2.05) is 0 Å². The Morgan fingerprint density at radius 1 is 1.40 bits per heavy atom. The third kappa shape index (κ3) is 3.82. The molecule has 0 saturated carbocycles. The van der Waals surface area contributed by atoms with Crippen LogP contribution in [0.3, 0.4) is 0 Å². The van der Waals surface area contributed by atoms with E-state index >= 15 is 0 Å². The highest BCUT2D eigenvalue weighted by Gasteiger charge is 2.27. The molecule has 0 bridgehead atoms. The summed E-state index contributed by atoms with van der Waals surface area (Å²) >= 11 is 0. The molecule has 7 heteroatoms. The van der Waals surface area contributed by atoms with E-state index in [4.69, 9.17) is 14.2 Å². The van der Waals surface area contributed by atoms with Crippen LogP contribution in [0.4, 0.5) is 4.39 Å². The van der Waals surface area contributed by atoms with E-state index in [-0.39, 0.29) is 29.8 Å². The predicted molar refractivity (Wildman–Crippen MR) is 88.5 cm³/mol. The Morgan fingerprint density at radius 2 is 2.16 bits per heavy atom. The summed E-state index contributed by atoms with van der Waals surface area (Å²) < 4.78 is 32.0. The number of halogens is 1. The summed E-state index contributed by atoms with van der Waals surface area (Å²) in [5, 5.41) is 4.30. The third-order valence-electron chi connectivity index (χ3n) is 4.08. The first-order valence-electron chi connectivity index (χ1n) is 8.36. The van der Waals surface area contributed by atoms with Crippen molar-refractivity contribution in [1.82, 2.24) is 9.78 Å². The molecule has 2 heterocycles. The van der Waals surface area contributed by atoms with Crippen LogP contribution in [-0.2, 0) is 9.47 Å². The molecule has 0 unspecified atom stereocenters. The largest absolute Gasteiger partial charge is 0.462 e. The van der Waals surface area contributed by atoms with E-state index in [9.17, 15) is 9.18 Å². The molecule has 1 aromatic heterocycles. The van der Waals surface area contributed by atoms with Crippen LogP contribution in [0.1, 0.15) is 41.7 Å². The molecule has 134 valence electrons. The molecule has 0 aliphatic carbocycles. The minimum absolute atomic E-state index is 0.0282. The van der Waals surface area contributed by atoms with Gasteiger partial charge in [0.25, 0.3) is 0 Å². The fourth-order valence-electron chi connectivity index (χ4n) is 2.78. The second-order valence-corrected chi connectivity index (χ2v) is 5.91. The maximum Gasteiger partial charge on any atom is 0.345 e. The first kappa shape index (κ1) is 17.4. The maximum atomic E-state index is 14.2. The van der Waals surface area contributed by atoms with Gasteiger partial charge >= 0.3 is 5.97 Å². The number of rotatable bonds is 5. The number of ether oxygens (including phenoxy) is 3. The number of nitrogens with zero attached hydrogens (tertiary/aromatic N) is 2. The first-order chi connectivity index (χ1) is 12.1. The maximum absolute atomic E-state index is 14.2. The van der Waals surface area contributed by atoms with E-state index in [0.29, 0.717) is 13.2 Å². The standard InChI is InChI=1S/C18H21FN2O4/c1-3-24-18(22)14-11-20-21(13-6-8-23-9-7-13)17(14)25-16-5-4-12(2)10-15(16)19/h4-5,10-11,13H,3,6-9H2,1-2H3. The summed E-state index contributed by atoms with van der Waals surface area (Å²) in [6.07, 6.45) is 2.91. The third-order valence-corrected chi connectivity index (χ3v) is 4.08. The van der Waals surface area contributed by atoms with Crippen molar-refractivity contribution in [3.05, 3.63) is 41.3 Å². The minimum Gasteiger partial charge on any atom is -0.462 e. The van der Waals surface area contributed by atoms with Crippen LogP contribution in [0, 0.1) is 12.7 Å². The summed E-state index contributed by atoms with van der Waals surface area (Å²) in [6, 6.07) is 4.70. The Balaban J connectivity index is 1.97. The van der Waals surface area contributed by atoms with Gasteiger partial charge in [-0.1, -0.05) is 6.07 Å². The van der Waals surface area contributed by atoms with Crippen molar-refractivity contribution in [2.45, 2.75) is 32.7 Å². The fourth-order valence-corrected chi connectivity index (χ4v) is 2.78. The van der Waals surface area contributed by atoms with E-state index in [0.717, 1.165) is 18.4 Å². The second kappa shape index (κ2) is 7.65. The Kier molecular flexibility index (Phi) is 5.33. The highest BCUT2D eigenvalue weighted by atomic mass is 19.1. The van der Waals surface area contributed by atoms with Crippen LogP contribution in [0.5, 0.6) is 11.6 Å². The molecule has 1 aromatic carbocycles. The Hall–Kier alpha value is -2.41. The first-order valence-corrected chi connectivity index (χ1v) is 8.36. The highest BCUT2D eigenvalue weighted by molar-refractivity contribution is 5.91. The van der Waals surface area contributed by atoms with Crippen molar-refractivity contribution in [3.63, 3.8) is 0 Å². The van der Waals surface area contributed by atoms with Gasteiger partial charge in [0.2, 0.25) is 5.88 Å². The Labute approximate surface area is 145 Å². The lowest BCUT2D eigenvalue weighted by Crippen LogP contribution is -2.21. The van der Waals surface area contributed by atoms with Crippen molar-refractivity contribution in [1.29, 1.82) is 0 Å². The van der Waals surface area contributed by atoms with Gasteiger partial charge in [-0.25, -0.2) is 13.9 Å². The number of hydrogen-bond acceptors (Lipinski definition) is 5. The fraction of sp³-hybridized carbons (Fsp3) is 0.444. The van der Waals surface area contributed by atoms with Crippen molar-refractivity contribution < 1.29 is 23.4 Å². The molecule has 0 N–H and O–H groups in total. The van der Waals surface area contributed by atoms with Crippen molar-refractivity contribution in [3.8, 4) is 11.6 Å².